The van der Waals surface area contributed by atoms with Crippen LogP contribution < -0.4 is 0 Å². The van der Waals surface area contributed by atoms with E-state index in [9.17, 15) is 18.3 Å². The van der Waals surface area contributed by atoms with E-state index in [0.717, 1.165) is 12.1 Å². The van der Waals surface area contributed by atoms with Gasteiger partial charge in [0.25, 0.3) is 0 Å². The van der Waals surface area contributed by atoms with E-state index in [1.807, 2.05) is 6.92 Å². The van der Waals surface area contributed by atoms with Crippen LogP contribution >= 0.6 is 0 Å². The summed E-state index contributed by atoms with van der Waals surface area (Å²) in [6.07, 6.45) is -3.74. The molecule has 1 saturated carbocycles. The molecular weight excluding hydrogens is 245 g/mol. The number of hydrogen-bond donors (Lipinski definition) is 1. The highest BCUT2D eigenvalue weighted by atomic mass is 19.4. The molecule has 1 aromatic carbocycles. The van der Waals surface area contributed by atoms with Crippen molar-refractivity contribution in [1.29, 1.82) is 0 Å². The Morgan fingerprint density at radius 2 is 2.06 bits per heavy atom. The van der Waals surface area contributed by atoms with Crippen molar-refractivity contribution in [3.63, 3.8) is 0 Å². The SMILES string of the molecule is CCOC1CC(O)(c2cccc(C(F)(F)F)c2)C1. The number of rotatable bonds is 3. The standard InChI is InChI=1S/C13H15F3O2/c1-2-18-11-7-12(17,8-11)9-4-3-5-10(6-9)13(14,15)16/h3-6,11,17H,2,7-8H2,1H3. The van der Waals surface area contributed by atoms with E-state index in [1.54, 1.807) is 0 Å². The van der Waals surface area contributed by atoms with Gasteiger partial charge in [0.15, 0.2) is 0 Å². The molecule has 1 aliphatic carbocycles. The molecule has 0 heterocycles. The number of hydrogen-bond acceptors (Lipinski definition) is 2. The average molecular weight is 260 g/mol. The number of benzene rings is 1. The van der Waals surface area contributed by atoms with Crippen LogP contribution in [0.4, 0.5) is 13.2 Å². The summed E-state index contributed by atoms with van der Waals surface area (Å²) in [6, 6.07) is 4.87. The highest BCUT2D eigenvalue weighted by Crippen LogP contribution is 2.44. The van der Waals surface area contributed by atoms with Gasteiger partial charge in [-0.05, 0) is 24.6 Å². The van der Waals surface area contributed by atoms with E-state index in [-0.39, 0.29) is 6.10 Å². The molecule has 0 bridgehead atoms. The second-order valence-corrected chi connectivity index (χ2v) is 4.60. The lowest BCUT2D eigenvalue weighted by molar-refractivity contribution is -0.145. The van der Waals surface area contributed by atoms with Gasteiger partial charge < -0.3 is 9.84 Å². The van der Waals surface area contributed by atoms with Gasteiger partial charge in [-0.15, -0.1) is 0 Å². The maximum atomic E-state index is 12.6. The van der Waals surface area contributed by atoms with Crippen molar-refractivity contribution in [3.05, 3.63) is 35.4 Å². The molecule has 18 heavy (non-hydrogen) atoms. The largest absolute Gasteiger partial charge is 0.416 e. The van der Waals surface area contributed by atoms with Crippen LogP contribution in [0.1, 0.15) is 30.9 Å². The first-order valence-corrected chi connectivity index (χ1v) is 5.87. The molecule has 0 radical (unpaired) electrons. The van der Waals surface area contributed by atoms with Crippen LogP contribution in [0.2, 0.25) is 0 Å². The van der Waals surface area contributed by atoms with E-state index in [2.05, 4.69) is 0 Å². The van der Waals surface area contributed by atoms with Gasteiger partial charge in [-0.1, -0.05) is 12.1 Å². The number of aliphatic hydroxyl groups is 1. The smallest absolute Gasteiger partial charge is 0.385 e. The molecule has 1 aliphatic rings. The van der Waals surface area contributed by atoms with Crippen molar-refractivity contribution in [2.45, 2.75) is 37.6 Å². The topological polar surface area (TPSA) is 29.5 Å². The van der Waals surface area contributed by atoms with Gasteiger partial charge in [-0.25, -0.2) is 0 Å². The molecule has 0 spiro atoms. The average Bonchev–Trinajstić information content (AvgIpc) is 2.26. The fourth-order valence-corrected chi connectivity index (χ4v) is 2.27. The molecule has 1 fully saturated rings. The summed E-state index contributed by atoms with van der Waals surface area (Å²) in [5.74, 6) is 0. The van der Waals surface area contributed by atoms with Crippen molar-refractivity contribution in [3.8, 4) is 0 Å². The van der Waals surface area contributed by atoms with Crippen LogP contribution in [-0.4, -0.2) is 17.8 Å². The Kier molecular flexibility index (Phi) is 3.38. The molecule has 100 valence electrons. The second kappa shape index (κ2) is 4.55. The third-order valence-corrected chi connectivity index (χ3v) is 3.26. The summed E-state index contributed by atoms with van der Waals surface area (Å²) in [5, 5.41) is 10.2. The van der Waals surface area contributed by atoms with Crippen LogP contribution in [-0.2, 0) is 16.5 Å². The molecule has 0 saturated heterocycles. The zero-order chi connectivity index (χ0) is 13.4. The predicted molar refractivity (Wildman–Crippen MR) is 60.0 cm³/mol. The van der Waals surface area contributed by atoms with Crippen LogP contribution in [0.5, 0.6) is 0 Å². The van der Waals surface area contributed by atoms with Crippen LogP contribution in [0.25, 0.3) is 0 Å². The molecule has 1 aromatic rings. The van der Waals surface area contributed by atoms with Crippen molar-refractivity contribution in [1.82, 2.24) is 0 Å². The van der Waals surface area contributed by atoms with Gasteiger partial charge in [0.1, 0.15) is 0 Å². The summed E-state index contributed by atoms with van der Waals surface area (Å²) in [4.78, 5) is 0. The number of alkyl halides is 3. The lowest BCUT2D eigenvalue weighted by Crippen LogP contribution is -2.46. The Bertz CT molecular complexity index is 422. The van der Waals surface area contributed by atoms with Gasteiger partial charge in [0, 0.05) is 19.4 Å². The Labute approximate surface area is 103 Å². The minimum Gasteiger partial charge on any atom is -0.385 e. The van der Waals surface area contributed by atoms with E-state index in [4.69, 9.17) is 4.74 Å². The monoisotopic (exact) mass is 260 g/mol. The minimum absolute atomic E-state index is 0.0606. The summed E-state index contributed by atoms with van der Waals surface area (Å²) < 4.78 is 43.0. The predicted octanol–water partition coefficient (Wildman–Crippen LogP) is 3.09. The zero-order valence-electron chi connectivity index (χ0n) is 10.00. The van der Waals surface area contributed by atoms with Crippen molar-refractivity contribution in [2.24, 2.45) is 0 Å². The van der Waals surface area contributed by atoms with Gasteiger partial charge in [0.05, 0.1) is 17.3 Å². The second-order valence-electron chi connectivity index (χ2n) is 4.60. The Morgan fingerprint density at radius 3 is 2.61 bits per heavy atom. The normalized spacial score (nSPS) is 27.9. The quantitative estimate of drug-likeness (QED) is 0.905. The third kappa shape index (κ3) is 2.52. The van der Waals surface area contributed by atoms with E-state index >= 15 is 0 Å². The van der Waals surface area contributed by atoms with E-state index < -0.39 is 17.3 Å². The summed E-state index contributed by atoms with van der Waals surface area (Å²) in [5.41, 5.74) is -1.59. The third-order valence-electron chi connectivity index (χ3n) is 3.26. The Hall–Kier alpha value is -1.07. The van der Waals surface area contributed by atoms with Crippen LogP contribution in [0.15, 0.2) is 24.3 Å². The molecule has 2 rings (SSSR count). The minimum atomic E-state index is -4.38. The highest BCUT2D eigenvalue weighted by Gasteiger charge is 2.45. The molecule has 0 atom stereocenters. The van der Waals surface area contributed by atoms with E-state index in [1.165, 1.54) is 12.1 Å². The summed E-state index contributed by atoms with van der Waals surface area (Å²) in [7, 11) is 0. The zero-order valence-corrected chi connectivity index (χ0v) is 10.00. The fraction of sp³-hybridized carbons (Fsp3) is 0.538. The van der Waals surface area contributed by atoms with Gasteiger partial charge in [-0.2, -0.15) is 13.2 Å². The molecule has 1 N–H and O–H groups in total. The first-order valence-electron chi connectivity index (χ1n) is 5.87. The fourth-order valence-electron chi connectivity index (χ4n) is 2.27. The molecule has 0 aliphatic heterocycles. The van der Waals surface area contributed by atoms with Gasteiger partial charge in [-0.3, -0.25) is 0 Å². The molecular formula is C13H15F3O2. The molecule has 0 amide bonds. The van der Waals surface area contributed by atoms with E-state index in [0.29, 0.717) is 25.0 Å². The van der Waals surface area contributed by atoms with Crippen molar-refractivity contribution < 1.29 is 23.0 Å². The number of ether oxygens (including phenoxy) is 1. The lowest BCUT2D eigenvalue weighted by Gasteiger charge is -2.43. The van der Waals surface area contributed by atoms with Crippen LogP contribution in [0, 0.1) is 0 Å². The highest BCUT2D eigenvalue weighted by molar-refractivity contribution is 5.32. The molecule has 0 unspecified atom stereocenters. The maximum absolute atomic E-state index is 12.6. The first kappa shape index (κ1) is 13.4. The van der Waals surface area contributed by atoms with Gasteiger partial charge in [0.2, 0.25) is 0 Å². The number of halogens is 3. The maximum Gasteiger partial charge on any atom is 0.416 e. The summed E-state index contributed by atoms with van der Waals surface area (Å²) in [6.45, 7) is 2.39. The molecule has 0 aromatic heterocycles. The van der Waals surface area contributed by atoms with Gasteiger partial charge >= 0.3 is 6.18 Å². The Morgan fingerprint density at radius 1 is 1.39 bits per heavy atom. The summed E-state index contributed by atoms with van der Waals surface area (Å²) >= 11 is 0. The molecule has 5 heteroatoms. The van der Waals surface area contributed by atoms with Crippen LogP contribution in [0.3, 0.4) is 0 Å². The first-order chi connectivity index (χ1) is 8.35. The van der Waals surface area contributed by atoms with Crippen molar-refractivity contribution >= 4 is 0 Å². The van der Waals surface area contributed by atoms with Crippen molar-refractivity contribution in [2.75, 3.05) is 6.61 Å². The molecule has 2 nitrogen and oxygen atoms in total. The Balaban J connectivity index is 2.15. The lowest BCUT2D eigenvalue weighted by atomic mass is 9.72.